The molecule has 1 aliphatic heterocycles. The largest absolute Gasteiger partial charge is 0.376 e. The monoisotopic (exact) mass is 311 g/mol. The van der Waals surface area contributed by atoms with Gasteiger partial charge in [0, 0.05) is 18.0 Å². The predicted molar refractivity (Wildman–Crippen MR) is 85.7 cm³/mol. The van der Waals surface area contributed by atoms with Crippen LogP contribution in [0.2, 0.25) is 0 Å². The van der Waals surface area contributed by atoms with E-state index in [1.54, 1.807) is 11.3 Å². The Morgan fingerprint density at radius 1 is 1.57 bits per heavy atom. The van der Waals surface area contributed by atoms with Crippen molar-refractivity contribution in [2.24, 2.45) is 0 Å². The van der Waals surface area contributed by atoms with Crippen molar-refractivity contribution in [2.45, 2.75) is 38.0 Å². The van der Waals surface area contributed by atoms with Crippen molar-refractivity contribution >= 4 is 17.4 Å². The van der Waals surface area contributed by atoms with Crippen LogP contribution in [0.5, 0.6) is 0 Å². The summed E-state index contributed by atoms with van der Waals surface area (Å²) in [6.45, 7) is 3.40. The van der Waals surface area contributed by atoms with E-state index in [-0.39, 0.29) is 24.2 Å². The Labute approximate surface area is 130 Å². The first-order valence-corrected chi connectivity index (χ1v) is 8.31. The number of hydrogen-bond acceptors (Lipinski definition) is 4. The van der Waals surface area contributed by atoms with Crippen molar-refractivity contribution in [2.75, 3.05) is 27.2 Å². The Hall–Kier alpha value is -1.11. The highest BCUT2D eigenvalue weighted by Crippen LogP contribution is 2.22. The number of urea groups is 1. The minimum Gasteiger partial charge on any atom is -0.376 e. The molecule has 0 bridgehead atoms. The maximum atomic E-state index is 12.0. The molecule has 0 spiro atoms. The average molecular weight is 311 g/mol. The fourth-order valence-corrected chi connectivity index (χ4v) is 3.48. The van der Waals surface area contributed by atoms with E-state index in [2.05, 4.69) is 27.0 Å². The number of thiophene rings is 1. The molecule has 0 saturated carbocycles. The van der Waals surface area contributed by atoms with Crippen LogP contribution in [0.15, 0.2) is 17.5 Å². The van der Waals surface area contributed by atoms with Crippen LogP contribution >= 0.6 is 11.3 Å². The standard InChI is InChI=1S/C15H25N3O2S/c1-11(13-6-4-8-20-13)17-15(19)16-10-12(18(2)3)14-7-5-9-21-14/h5,7,9,11-13H,4,6,8,10H2,1-3H3,(H2,16,17,19)/t11-,12-,13-/m0/s1. The van der Waals surface area contributed by atoms with Gasteiger partial charge in [0.25, 0.3) is 0 Å². The zero-order valence-corrected chi connectivity index (χ0v) is 13.8. The maximum absolute atomic E-state index is 12.0. The Morgan fingerprint density at radius 3 is 2.95 bits per heavy atom. The van der Waals surface area contributed by atoms with Gasteiger partial charge in [-0.3, -0.25) is 0 Å². The minimum atomic E-state index is -0.124. The van der Waals surface area contributed by atoms with Gasteiger partial charge in [-0.2, -0.15) is 0 Å². The fraction of sp³-hybridized carbons (Fsp3) is 0.667. The van der Waals surface area contributed by atoms with E-state index in [4.69, 9.17) is 4.74 Å². The van der Waals surface area contributed by atoms with E-state index >= 15 is 0 Å². The van der Waals surface area contributed by atoms with Gasteiger partial charge in [-0.05, 0) is 45.3 Å². The zero-order valence-electron chi connectivity index (χ0n) is 13.0. The smallest absolute Gasteiger partial charge is 0.315 e. The summed E-state index contributed by atoms with van der Waals surface area (Å²) in [4.78, 5) is 15.4. The first-order valence-electron chi connectivity index (χ1n) is 7.43. The summed E-state index contributed by atoms with van der Waals surface area (Å²) < 4.78 is 5.59. The van der Waals surface area contributed by atoms with E-state index in [9.17, 15) is 4.79 Å². The molecule has 1 aliphatic rings. The molecule has 21 heavy (non-hydrogen) atoms. The lowest BCUT2D eigenvalue weighted by Crippen LogP contribution is -2.47. The van der Waals surface area contributed by atoms with Crippen LogP contribution in [-0.2, 0) is 4.74 Å². The second-order valence-electron chi connectivity index (χ2n) is 5.69. The summed E-state index contributed by atoms with van der Waals surface area (Å²) in [5.41, 5.74) is 0. The summed E-state index contributed by atoms with van der Waals surface area (Å²) >= 11 is 1.71. The topological polar surface area (TPSA) is 53.6 Å². The van der Waals surface area contributed by atoms with Gasteiger partial charge >= 0.3 is 6.03 Å². The average Bonchev–Trinajstić information content (AvgIpc) is 3.12. The van der Waals surface area contributed by atoms with Crippen LogP contribution < -0.4 is 10.6 Å². The van der Waals surface area contributed by atoms with Gasteiger partial charge in [0.15, 0.2) is 0 Å². The van der Waals surface area contributed by atoms with Gasteiger partial charge in [0.05, 0.1) is 18.2 Å². The first kappa shape index (κ1) is 16.3. The molecule has 2 heterocycles. The van der Waals surface area contributed by atoms with Crippen molar-refractivity contribution in [1.82, 2.24) is 15.5 Å². The summed E-state index contributed by atoms with van der Waals surface area (Å²) in [7, 11) is 4.05. The molecule has 3 atom stereocenters. The molecule has 1 aromatic rings. The van der Waals surface area contributed by atoms with E-state index in [1.165, 1.54) is 4.88 Å². The van der Waals surface area contributed by atoms with Gasteiger partial charge in [-0.25, -0.2) is 4.79 Å². The number of nitrogens with one attached hydrogen (secondary N) is 2. The summed E-state index contributed by atoms with van der Waals surface area (Å²) in [6, 6.07) is 4.27. The lowest BCUT2D eigenvalue weighted by Gasteiger charge is -2.25. The molecule has 2 N–H and O–H groups in total. The quantitative estimate of drug-likeness (QED) is 0.847. The van der Waals surface area contributed by atoms with E-state index in [0.29, 0.717) is 6.54 Å². The van der Waals surface area contributed by atoms with Crippen LogP contribution in [0, 0.1) is 0 Å². The number of likely N-dealkylation sites (N-methyl/N-ethyl adjacent to an activating group) is 1. The number of ether oxygens (including phenoxy) is 1. The number of carbonyl (C=O) groups is 1. The van der Waals surface area contributed by atoms with Crippen molar-refractivity contribution in [3.63, 3.8) is 0 Å². The van der Waals surface area contributed by atoms with Gasteiger partial charge < -0.3 is 20.3 Å². The molecule has 6 heteroatoms. The molecule has 2 amide bonds. The lowest BCUT2D eigenvalue weighted by atomic mass is 10.1. The van der Waals surface area contributed by atoms with E-state index < -0.39 is 0 Å². The van der Waals surface area contributed by atoms with Crippen molar-refractivity contribution in [3.8, 4) is 0 Å². The van der Waals surface area contributed by atoms with Gasteiger partial charge in [0.1, 0.15) is 0 Å². The van der Waals surface area contributed by atoms with Crippen molar-refractivity contribution in [3.05, 3.63) is 22.4 Å². The summed E-state index contributed by atoms with van der Waals surface area (Å²) in [6.07, 6.45) is 2.26. The zero-order chi connectivity index (χ0) is 15.2. The Bertz CT molecular complexity index is 430. The van der Waals surface area contributed by atoms with Crippen LogP contribution in [-0.4, -0.2) is 50.3 Å². The highest BCUT2D eigenvalue weighted by molar-refractivity contribution is 7.10. The van der Waals surface area contributed by atoms with Gasteiger partial charge in [0.2, 0.25) is 0 Å². The molecule has 0 radical (unpaired) electrons. The highest BCUT2D eigenvalue weighted by atomic mass is 32.1. The second-order valence-corrected chi connectivity index (χ2v) is 6.67. The fourth-order valence-electron chi connectivity index (χ4n) is 2.56. The molecule has 2 rings (SSSR count). The van der Waals surface area contributed by atoms with Gasteiger partial charge in [-0.1, -0.05) is 6.07 Å². The van der Waals surface area contributed by atoms with E-state index in [0.717, 1.165) is 19.4 Å². The lowest BCUT2D eigenvalue weighted by molar-refractivity contribution is 0.0859. The van der Waals surface area contributed by atoms with Crippen molar-refractivity contribution < 1.29 is 9.53 Å². The number of nitrogens with zero attached hydrogens (tertiary/aromatic N) is 1. The summed E-state index contributed by atoms with van der Waals surface area (Å²) in [5.74, 6) is 0. The third kappa shape index (κ3) is 4.69. The number of carbonyl (C=O) groups excluding carboxylic acids is 1. The molecule has 1 aromatic heterocycles. The Kier molecular flexibility index (Phi) is 6.02. The minimum absolute atomic E-state index is 0.0482. The Morgan fingerprint density at radius 2 is 2.38 bits per heavy atom. The van der Waals surface area contributed by atoms with Crippen LogP contribution in [0.3, 0.4) is 0 Å². The molecule has 0 unspecified atom stereocenters. The molecule has 1 saturated heterocycles. The van der Waals surface area contributed by atoms with Crippen molar-refractivity contribution in [1.29, 1.82) is 0 Å². The summed E-state index contributed by atoms with van der Waals surface area (Å²) in [5, 5.41) is 8.00. The molecular formula is C15H25N3O2S. The Balaban J connectivity index is 1.79. The molecule has 5 nitrogen and oxygen atoms in total. The number of amides is 2. The number of hydrogen-bond donors (Lipinski definition) is 2. The van der Waals surface area contributed by atoms with Crippen LogP contribution in [0.25, 0.3) is 0 Å². The number of rotatable bonds is 6. The highest BCUT2D eigenvalue weighted by Gasteiger charge is 2.24. The first-order chi connectivity index (χ1) is 10.1. The third-order valence-corrected chi connectivity index (χ3v) is 4.81. The predicted octanol–water partition coefficient (Wildman–Crippen LogP) is 2.22. The second kappa shape index (κ2) is 7.77. The third-order valence-electron chi connectivity index (χ3n) is 3.83. The molecule has 1 fully saturated rings. The van der Waals surface area contributed by atoms with Gasteiger partial charge in [-0.15, -0.1) is 11.3 Å². The molecule has 0 aromatic carbocycles. The van der Waals surface area contributed by atoms with E-state index in [1.807, 2.05) is 27.1 Å². The normalized spacial score (nSPS) is 21.2. The molecular weight excluding hydrogens is 286 g/mol. The SMILES string of the molecule is C[C@H](NC(=O)NC[C@@H](c1cccs1)N(C)C)[C@@H]1CCCO1. The van der Waals surface area contributed by atoms with Crippen LogP contribution in [0.1, 0.15) is 30.7 Å². The molecule has 118 valence electrons. The van der Waals surface area contributed by atoms with Crippen LogP contribution in [0.4, 0.5) is 4.79 Å². The maximum Gasteiger partial charge on any atom is 0.315 e. The molecule has 0 aliphatic carbocycles.